The maximum absolute atomic E-state index is 12.1. The van der Waals surface area contributed by atoms with Gasteiger partial charge in [-0.15, -0.1) is 0 Å². The van der Waals surface area contributed by atoms with Gasteiger partial charge in [-0.05, 0) is 45.9 Å². The molecule has 0 saturated carbocycles. The molecule has 1 aromatic carbocycles. The minimum atomic E-state index is -0.808. The maximum atomic E-state index is 12.1. The van der Waals surface area contributed by atoms with Crippen molar-refractivity contribution in [2.45, 2.75) is 33.3 Å². The summed E-state index contributed by atoms with van der Waals surface area (Å²) in [6.07, 6.45) is -0.488. The largest absolute Gasteiger partial charge is 0.442 e. The van der Waals surface area contributed by atoms with Crippen molar-refractivity contribution in [2.24, 2.45) is 0 Å². The van der Waals surface area contributed by atoms with E-state index >= 15 is 0 Å². The lowest BCUT2D eigenvalue weighted by Crippen LogP contribution is -2.45. The van der Waals surface area contributed by atoms with Crippen molar-refractivity contribution in [3.05, 3.63) is 28.8 Å². The van der Waals surface area contributed by atoms with E-state index in [1.807, 2.05) is 0 Å². The molecule has 7 heteroatoms. The fraction of sp³-hybridized carbons (Fsp3) is 0.357. The predicted molar refractivity (Wildman–Crippen MR) is 79.4 cm³/mol. The Kier molecular flexibility index (Phi) is 5.32. The molecule has 21 heavy (non-hydrogen) atoms. The Bertz CT molecular complexity index is 567. The third-order valence-corrected chi connectivity index (χ3v) is 2.67. The molecule has 0 aliphatic carbocycles. The van der Waals surface area contributed by atoms with Crippen molar-refractivity contribution in [3.8, 4) is 0 Å². The zero-order valence-corrected chi connectivity index (χ0v) is 13.0. The topological polar surface area (TPSA) is 75.7 Å². The Morgan fingerprint density at radius 3 is 2.43 bits per heavy atom. The summed E-state index contributed by atoms with van der Waals surface area (Å²) in [6, 6.07) is 4.41. The van der Waals surface area contributed by atoms with Gasteiger partial charge in [0.25, 0.3) is 0 Å². The summed E-state index contributed by atoms with van der Waals surface area (Å²) in [5, 5.41) is 1.05. The molecule has 0 unspecified atom stereocenters. The van der Waals surface area contributed by atoms with Crippen LogP contribution in [0.15, 0.2) is 18.2 Å². The van der Waals surface area contributed by atoms with Gasteiger partial charge in [0.15, 0.2) is 5.78 Å². The summed E-state index contributed by atoms with van der Waals surface area (Å²) in [4.78, 5) is 34.3. The normalized spacial score (nSPS) is 10.7. The van der Waals surface area contributed by atoms with Crippen molar-refractivity contribution < 1.29 is 19.1 Å². The SMILES string of the molecule is CC(=O)c1ccc(Cl)c(N(NC=O)C(=O)OC(C)(C)C)c1. The average Bonchev–Trinajstić information content (AvgIpc) is 2.34. The molecule has 0 radical (unpaired) electrons. The zero-order chi connectivity index (χ0) is 16.2. The van der Waals surface area contributed by atoms with Crippen LogP contribution in [0.4, 0.5) is 10.5 Å². The van der Waals surface area contributed by atoms with E-state index in [0.29, 0.717) is 12.0 Å². The molecule has 0 spiro atoms. The Morgan fingerprint density at radius 2 is 1.95 bits per heavy atom. The summed E-state index contributed by atoms with van der Waals surface area (Å²) >= 11 is 6.03. The number of carbonyl (C=O) groups excluding carboxylic acids is 3. The molecule has 6 nitrogen and oxygen atoms in total. The van der Waals surface area contributed by atoms with E-state index in [-0.39, 0.29) is 16.5 Å². The van der Waals surface area contributed by atoms with Crippen LogP contribution in [0.2, 0.25) is 5.02 Å². The van der Waals surface area contributed by atoms with Gasteiger partial charge >= 0.3 is 6.09 Å². The molecule has 0 aliphatic rings. The van der Waals surface area contributed by atoms with E-state index in [0.717, 1.165) is 5.01 Å². The van der Waals surface area contributed by atoms with E-state index in [1.54, 1.807) is 20.8 Å². The fourth-order valence-corrected chi connectivity index (χ4v) is 1.69. The minimum Gasteiger partial charge on any atom is -0.442 e. The van der Waals surface area contributed by atoms with Gasteiger partial charge in [0.2, 0.25) is 6.41 Å². The second-order valence-corrected chi connectivity index (χ2v) is 5.69. The van der Waals surface area contributed by atoms with Crippen molar-refractivity contribution in [3.63, 3.8) is 0 Å². The van der Waals surface area contributed by atoms with Crippen molar-refractivity contribution in [2.75, 3.05) is 5.01 Å². The Labute approximate surface area is 128 Å². The molecule has 114 valence electrons. The lowest BCUT2D eigenvalue weighted by atomic mass is 10.1. The number of amides is 2. The van der Waals surface area contributed by atoms with Gasteiger partial charge in [0, 0.05) is 5.56 Å². The Balaban J connectivity index is 3.22. The lowest BCUT2D eigenvalue weighted by Gasteiger charge is -2.27. The Hall–Kier alpha value is -2.08. The highest BCUT2D eigenvalue weighted by atomic mass is 35.5. The van der Waals surface area contributed by atoms with Crippen LogP contribution in [0.25, 0.3) is 0 Å². The van der Waals surface area contributed by atoms with Crippen LogP contribution in [-0.2, 0) is 9.53 Å². The van der Waals surface area contributed by atoms with Crippen LogP contribution in [0.5, 0.6) is 0 Å². The monoisotopic (exact) mass is 312 g/mol. The molecule has 0 bridgehead atoms. The zero-order valence-electron chi connectivity index (χ0n) is 12.3. The van der Waals surface area contributed by atoms with Crippen LogP contribution in [0, 0.1) is 0 Å². The first kappa shape index (κ1) is 17.0. The first-order valence-corrected chi connectivity index (χ1v) is 6.57. The third-order valence-electron chi connectivity index (χ3n) is 2.35. The molecule has 0 saturated heterocycles. The van der Waals surface area contributed by atoms with E-state index in [2.05, 4.69) is 5.43 Å². The summed E-state index contributed by atoms with van der Waals surface area (Å²) in [5.41, 5.74) is 1.98. The number of rotatable bonds is 4. The van der Waals surface area contributed by atoms with Gasteiger partial charge in [0.05, 0.1) is 10.7 Å². The highest BCUT2D eigenvalue weighted by molar-refractivity contribution is 6.34. The molecular formula is C14H17ClN2O4. The van der Waals surface area contributed by atoms with Crippen LogP contribution < -0.4 is 10.4 Å². The van der Waals surface area contributed by atoms with Crippen LogP contribution in [0.3, 0.4) is 0 Å². The number of nitrogens with one attached hydrogen (secondary N) is 1. The summed E-state index contributed by atoms with van der Waals surface area (Å²) in [7, 11) is 0. The molecule has 0 aromatic heterocycles. The molecule has 0 fully saturated rings. The number of hydrogen-bond donors (Lipinski definition) is 1. The van der Waals surface area contributed by atoms with Crippen LogP contribution in [-0.4, -0.2) is 23.9 Å². The average molecular weight is 313 g/mol. The highest BCUT2D eigenvalue weighted by Crippen LogP contribution is 2.27. The van der Waals surface area contributed by atoms with Gasteiger partial charge in [-0.2, -0.15) is 5.01 Å². The van der Waals surface area contributed by atoms with Crippen LogP contribution in [0.1, 0.15) is 38.1 Å². The number of anilines is 1. The van der Waals surface area contributed by atoms with Gasteiger partial charge in [-0.1, -0.05) is 11.6 Å². The van der Waals surface area contributed by atoms with Gasteiger partial charge < -0.3 is 4.74 Å². The molecular weight excluding hydrogens is 296 g/mol. The Morgan fingerprint density at radius 1 is 1.33 bits per heavy atom. The molecule has 1 aromatic rings. The van der Waals surface area contributed by atoms with Crippen molar-refractivity contribution in [1.29, 1.82) is 0 Å². The lowest BCUT2D eigenvalue weighted by molar-refractivity contribution is -0.109. The third kappa shape index (κ3) is 4.75. The number of Topliss-reactive ketones (excluding diaryl/α,β-unsaturated/α-hetero) is 1. The van der Waals surface area contributed by atoms with Gasteiger partial charge in [0.1, 0.15) is 5.60 Å². The molecule has 2 amide bonds. The number of ketones is 1. The summed E-state index contributed by atoms with van der Waals surface area (Å²) in [6.45, 7) is 6.46. The first-order valence-electron chi connectivity index (χ1n) is 6.19. The second kappa shape index (κ2) is 6.58. The van der Waals surface area contributed by atoms with E-state index < -0.39 is 11.7 Å². The molecule has 0 heterocycles. The van der Waals surface area contributed by atoms with Gasteiger partial charge in [-0.25, -0.2) is 4.79 Å². The second-order valence-electron chi connectivity index (χ2n) is 5.29. The standard InChI is InChI=1S/C14H17ClN2O4/c1-9(19)10-5-6-11(15)12(7-10)17(16-8-18)13(20)21-14(2,3)4/h5-8H,1-4H3,(H,16,18). The number of nitrogens with zero attached hydrogens (tertiary/aromatic N) is 1. The number of ether oxygens (including phenoxy) is 1. The summed E-state index contributed by atoms with van der Waals surface area (Å²) < 4.78 is 5.18. The van der Waals surface area contributed by atoms with Crippen molar-refractivity contribution >= 4 is 35.6 Å². The van der Waals surface area contributed by atoms with Gasteiger partial charge in [-0.3, -0.25) is 15.0 Å². The quantitative estimate of drug-likeness (QED) is 0.527. The fourth-order valence-electron chi connectivity index (χ4n) is 1.48. The van der Waals surface area contributed by atoms with E-state index in [4.69, 9.17) is 16.3 Å². The summed E-state index contributed by atoms with van der Waals surface area (Å²) in [5.74, 6) is -0.192. The molecule has 0 atom stereocenters. The number of carbonyl (C=O) groups is 3. The smallest absolute Gasteiger partial charge is 0.434 e. The molecule has 1 rings (SSSR count). The minimum absolute atomic E-state index is 0.158. The first-order chi connectivity index (χ1) is 9.65. The molecule has 1 N–H and O–H groups in total. The molecule has 0 aliphatic heterocycles. The van der Waals surface area contributed by atoms with E-state index in [9.17, 15) is 14.4 Å². The number of hydrazine groups is 1. The number of benzene rings is 1. The van der Waals surface area contributed by atoms with Crippen LogP contribution >= 0.6 is 11.6 Å². The number of hydrogen-bond acceptors (Lipinski definition) is 4. The van der Waals surface area contributed by atoms with Crippen molar-refractivity contribution in [1.82, 2.24) is 5.43 Å². The number of halogens is 1. The predicted octanol–water partition coefficient (Wildman–Crippen LogP) is 2.95. The highest BCUT2D eigenvalue weighted by Gasteiger charge is 2.25. The maximum Gasteiger partial charge on any atom is 0.434 e. The van der Waals surface area contributed by atoms with E-state index in [1.165, 1.54) is 25.1 Å².